The maximum absolute atomic E-state index is 11.9. The summed E-state index contributed by atoms with van der Waals surface area (Å²) in [5.41, 5.74) is 14.5. The van der Waals surface area contributed by atoms with Crippen molar-refractivity contribution >= 4 is 17.7 Å². The van der Waals surface area contributed by atoms with Gasteiger partial charge in [-0.2, -0.15) is 0 Å². The average Bonchev–Trinajstić information content (AvgIpc) is 2.14. The molecule has 7 nitrogen and oxygen atoms in total. The Morgan fingerprint density at radius 3 is 1.75 bits per heavy atom. The van der Waals surface area contributed by atoms with E-state index in [9.17, 15) is 14.4 Å². The van der Waals surface area contributed by atoms with Gasteiger partial charge in [0.25, 0.3) is 0 Å². The summed E-state index contributed by atoms with van der Waals surface area (Å²) in [6.45, 7) is 2.51. The molecule has 3 amide bonds. The minimum absolute atomic E-state index is 0.367. The Morgan fingerprint density at radius 1 is 1.12 bits per heavy atom. The van der Waals surface area contributed by atoms with Crippen molar-refractivity contribution in [3.8, 4) is 0 Å². The van der Waals surface area contributed by atoms with Gasteiger partial charge in [0.05, 0.1) is 18.6 Å². The molecule has 0 aromatic rings. The highest BCUT2D eigenvalue weighted by Gasteiger charge is 2.32. The molecule has 92 valence electrons. The number of carbonyl (C=O) groups is 3. The third-order valence-corrected chi connectivity index (χ3v) is 2.20. The molecule has 6 N–H and O–H groups in total. The highest BCUT2D eigenvalue weighted by atomic mass is 16.2. The third-order valence-electron chi connectivity index (χ3n) is 2.20. The molecular formula is C9H18N4O3. The minimum Gasteiger partial charge on any atom is -0.368 e. The quantitative estimate of drug-likeness (QED) is 0.482. The molecule has 0 spiro atoms. The first-order valence-corrected chi connectivity index (χ1v) is 4.85. The van der Waals surface area contributed by atoms with Crippen molar-refractivity contribution in [2.45, 2.75) is 25.8 Å². The maximum Gasteiger partial charge on any atom is 0.243 e. The van der Waals surface area contributed by atoms with Gasteiger partial charge in [-0.1, -0.05) is 6.92 Å². The van der Waals surface area contributed by atoms with Crippen molar-refractivity contribution in [3.63, 3.8) is 0 Å². The molecule has 7 heteroatoms. The maximum atomic E-state index is 11.9. The van der Waals surface area contributed by atoms with Crippen LogP contribution in [0.4, 0.5) is 0 Å². The summed E-state index contributed by atoms with van der Waals surface area (Å²) in [6.07, 6.45) is 0.375. The molecular weight excluding hydrogens is 212 g/mol. The standard InChI is InChI=1S/C9H18N4O3/c1-3-9(2,12)8(16)13(4-6(10)14)5-7(11)15/h3-5,12H2,1-2H3,(H2,10,14)(H2,11,15). The van der Waals surface area contributed by atoms with E-state index in [0.717, 1.165) is 4.90 Å². The molecule has 0 radical (unpaired) electrons. The average molecular weight is 230 g/mol. The van der Waals surface area contributed by atoms with Gasteiger partial charge in [0.15, 0.2) is 0 Å². The highest BCUT2D eigenvalue weighted by molar-refractivity contribution is 5.92. The van der Waals surface area contributed by atoms with Crippen LogP contribution in [0, 0.1) is 0 Å². The SMILES string of the molecule is CCC(C)(N)C(=O)N(CC(N)=O)CC(N)=O. The number of primary amides is 2. The van der Waals surface area contributed by atoms with Crippen molar-refractivity contribution < 1.29 is 14.4 Å². The Labute approximate surface area is 93.9 Å². The van der Waals surface area contributed by atoms with Gasteiger partial charge in [-0.25, -0.2) is 0 Å². The van der Waals surface area contributed by atoms with E-state index in [4.69, 9.17) is 17.2 Å². The summed E-state index contributed by atoms with van der Waals surface area (Å²) in [4.78, 5) is 34.3. The molecule has 0 saturated carbocycles. The van der Waals surface area contributed by atoms with E-state index in [1.165, 1.54) is 6.92 Å². The molecule has 0 fully saturated rings. The lowest BCUT2D eigenvalue weighted by molar-refractivity contribution is -0.142. The van der Waals surface area contributed by atoms with Gasteiger partial charge in [0, 0.05) is 0 Å². The highest BCUT2D eigenvalue weighted by Crippen LogP contribution is 2.09. The molecule has 0 aromatic carbocycles. The Morgan fingerprint density at radius 2 is 1.50 bits per heavy atom. The number of hydrogen-bond donors (Lipinski definition) is 3. The van der Waals surface area contributed by atoms with Crippen molar-refractivity contribution in [2.24, 2.45) is 17.2 Å². The fourth-order valence-corrected chi connectivity index (χ4v) is 1.09. The number of rotatable bonds is 6. The van der Waals surface area contributed by atoms with Gasteiger partial charge in [-0.3, -0.25) is 14.4 Å². The Hall–Kier alpha value is -1.63. The van der Waals surface area contributed by atoms with Crippen LogP contribution in [0.15, 0.2) is 0 Å². The summed E-state index contributed by atoms with van der Waals surface area (Å²) in [6, 6.07) is 0. The number of hydrogen-bond acceptors (Lipinski definition) is 4. The van der Waals surface area contributed by atoms with Gasteiger partial charge in [-0.05, 0) is 13.3 Å². The van der Waals surface area contributed by atoms with E-state index >= 15 is 0 Å². The number of nitrogens with zero attached hydrogens (tertiary/aromatic N) is 1. The third kappa shape index (κ3) is 4.26. The summed E-state index contributed by atoms with van der Waals surface area (Å²) in [5, 5.41) is 0. The zero-order valence-corrected chi connectivity index (χ0v) is 9.53. The smallest absolute Gasteiger partial charge is 0.243 e. The van der Waals surface area contributed by atoms with Gasteiger partial charge in [0.1, 0.15) is 0 Å². The Balaban J connectivity index is 4.81. The monoisotopic (exact) mass is 230 g/mol. The first kappa shape index (κ1) is 14.4. The zero-order chi connectivity index (χ0) is 12.9. The molecule has 0 aromatic heterocycles. The van der Waals surface area contributed by atoms with Crippen LogP contribution in [-0.2, 0) is 14.4 Å². The van der Waals surface area contributed by atoms with E-state index in [0.29, 0.717) is 6.42 Å². The van der Waals surface area contributed by atoms with E-state index in [1.807, 2.05) is 0 Å². The van der Waals surface area contributed by atoms with Gasteiger partial charge < -0.3 is 22.1 Å². The van der Waals surface area contributed by atoms with E-state index in [-0.39, 0.29) is 13.1 Å². The summed E-state index contributed by atoms with van der Waals surface area (Å²) in [7, 11) is 0. The molecule has 0 rings (SSSR count). The van der Waals surface area contributed by atoms with Crippen LogP contribution in [0.3, 0.4) is 0 Å². The lowest BCUT2D eigenvalue weighted by Gasteiger charge is -2.29. The number of carbonyl (C=O) groups excluding carboxylic acids is 3. The summed E-state index contributed by atoms with van der Waals surface area (Å²) in [5.74, 6) is -1.96. The van der Waals surface area contributed by atoms with Crippen molar-refractivity contribution in [1.29, 1.82) is 0 Å². The molecule has 0 saturated heterocycles. The molecule has 1 unspecified atom stereocenters. The number of amides is 3. The lowest BCUT2D eigenvalue weighted by Crippen LogP contribution is -2.56. The normalized spacial score (nSPS) is 13.9. The Kier molecular flexibility index (Phi) is 4.90. The van der Waals surface area contributed by atoms with Crippen molar-refractivity contribution in [1.82, 2.24) is 4.90 Å². The molecule has 0 aliphatic carbocycles. The Bertz CT molecular complexity index is 285. The second-order valence-electron chi connectivity index (χ2n) is 3.86. The molecule has 0 aliphatic rings. The van der Waals surface area contributed by atoms with Crippen molar-refractivity contribution in [3.05, 3.63) is 0 Å². The molecule has 0 bridgehead atoms. The van der Waals surface area contributed by atoms with Gasteiger partial charge >= 0.3 is 0 Å². The van der Waals surface area contributed by atoms with Crippen LogP contribution in [0.5, 0.6) is 0 Å². The fourth-order valence-electron chi connectivity index (χ4n) is 1.09. The molecule has 0 aliphatic heterocycles. The summed E-state index contributed by atoms with van der Waals surface area (Å²) < 4.78 is 0. The molecule has 0 heterocycles. The largest absolute Gasteiger partial charge is 0.368 e. The first-order valence-electron chi connectivity index (χ1n) is 4.85. The van der Waals surface area contributed by atoms with Crippen LogP contribution in [0.1, 0.15) is 20.3 Å². The van der Waals surface area contributed by atoms with Crippen molar-refractivity contribution in [2.75, 3.05) is 13.1 Å². The second kappa shape index (κ2) is 5.45. The second-order valence-corrected chi connectivity index (χ2v) is 3.86. The van der Waals surface area contributed by atoms with Crippen LogP contribution in [0.25, 0.3) is 0 Å². The van der Waals surface area contributed by atoms with E-state index in [1.54, 1.807) is 6.92 Å². The van der Waals surface area contributed by atoms with E-state index < -0.39 is 23.3 Å². The van der Waals surface area contributed by atoms with Gasteiger partial charge in [0.2, 0.25) is 17.7 Å². The van der Waals surface area contributed by atoms with Crippen LogP contribution < -0.4 is 17.2 Å². The van der Waals surface area contributed by atoms with Crippen LogP contribution >= 0.6 is 0 Å². The van der Waals surface area contributed by atoms with Gasteiger partial charge in [-0.15, -0.1) is 0 Å². The topological polar surface area (TPSA) is 133 Å². The van der Waals surface area contributed by atoms with E-state index in [2.05, 4.69) is 0 Å². The fraction of sp³-hybridized carbons (Fsp3) is 0.667. The number of nitrogens with two attached hydrogens (primary N) is 3. The molecule has 16 heavy (non-hydrogen) atoms. The minimum atomic E-state index is -1.13. The van der Waals surface area contributed by atoms with Crippen LogP contribution in [-0.4, -0.2) is 41.2 Å². The van der Waals surface area contributed by atoms with Crippen LogP contribution in [0.2, 0.25) is 0 Å². The predicted molar refractivity (Wildman–Crippen MR) is 57.9 cm³/mol. The molecule has 1 atom stereocenters. The summed E-state index contributed by atoms with van der Waals surface area (Å²) >= 11 is 0. The predicted octanol–water partition coefficient (Wildman–Crippen LogP) is -2.09. The zero-order valence-electron chi connectivity index (χ0n) is 9.53. The first-order chi connectivity index (χ1) is 7.20. The lowest BCUT2D eigenvalue weighted by atomic mass is 9.98.